The van der Waals surface area contributed by atoms with Crippen molar-refractivity contribution in [1.82, 2.24) is 4.98 Å². The number of hydrogen-bond donors (Lipinski definition) is 2. The van der Waals surface area contributed by atoms with Gasteiger partial charge in [-0.1, -0.05) is 49.3 Å². The van der Waals surface area contributed by atoms with Crippen molar-refractivity contribution in [3.8, 4) is 5.75 Å². The van der Waals surface area contributed by atoms with Gasteiger partial charge in [0.05, 0.1) is 5.71 Å². The second-order valence-electron chi connectivity index (χ2n) is 12.6. The summed E-state index contributed by atoms with van der Waals surface area (Å²) in [5.74, 6) is 3.92. The summed E-state index contributed by atoms with van der Waals surface area (Å²) in [4.78, 5) is 3.80. The molecule has 2 aromatic carbocycles. The number of fused-ring (bicyclic) bond motifs is 8. The van der Waals surface area contributed by atoms with Gasteiger partial charge < -0.3 is 14.9 Å². The van der Waals surface area contributed by atoms with E-state index in [1.165, 1.54) is 72.7 Å². The maximum absolute atomic E-state index is 9.69. The highest BCUT2D eigenvalue weighted by atomic mass is 16.5. The first-order valence-corrected chi connectivity index (χ1v) is 14.0. The smallest absolute Gasteiger partial charge is 0.120 e. The molecular weight excluding hydrogens is 444 g/mol. The molecule has 3 saturated carbocycles. The molecule has 3 aromatic rings. The van der Waals surface area contributed by atoms with Crippen LogP contribution in [0.25, 0.3) is 10.9 Å². The minimum Gasteiger partial charge on any atom is -0.489 e. The molecule has 4 heteroatoms. The highest BCUT2D eigenvalue weighted by molar-refractivity contribution is 5.92. The number of aromatic amines is 1. The monoisotopic (exact) mass is 482 g/mol. The molecule has 6 atom stereocenters. The third-order valence-corrected chi connectivity index (χ3v) is 11.1. The van der Waals surface area contributed by atoms with Crippen LogP contribution in [0.2, 0.25) is 0 Å². The molecule has 0 amide bonds. The standard InChI is InChI=1S/C32H38N2O2/c1-31-15-14-27-23(26(31)11-13-30(31)34-35)10-8-21-16-29-25(18-32(21,27)2)24-17-22(9-12-28(24)33-29)36-19-20-6-4-3-5-7-20/h3-7,9,12,17,21,23,26-27,33,35H,8,10-11,13-16,18-19H2,1-2H3/b34-30-. The lowest BCUT2D eigenvalue weighted by molar-refractivity contribution is -0.0796. The highest BCUT2D eigenvalue weighted by Crippen LogP contribution is 2.65. The number of ether oxygens (including phenoxy) is 1. The lowest BCUT2D eigenvalue weighted by Gasteiger charge is -2.59. The number of benzene rings is 2. The fourth-order valence-corrected chi connectivity index (χ4v) is 9.22. The maximum Gasteiger partial charge on any atom is 0.120 e. The van der Waals surface area contributed by atoms with Gasteiger partial charge in [0.1, 0.15) is 12.4 Å². The Bertz CT molecular complexity index is 1330. The van der Waals surface area contributed by atoms with E-state index >= 15 is 0 Å². The molecule has 1 heterocycles. The first-order valence-electron chi connectivity index (χ1n) is 14.0. The molecule has 2 N–H and O–H groups in total. The molecule has 4 nitrogen and oxygen atoms in total. The van der Waals surface area contributed by atoms with Crippen LogP contribution in [0.5, 0.6) is 5.75 Å². The molecule has 6 unspecified atom stereocenters. The fraction of sp³-hybridized carbons (Fsp3) is 0.531. The van der Waals surface area contributed by atoms with Crippen molar-refractivity contribution in [1.29, 1.82) is 0 Å². The van der Waals surface area contributed by atoms with Gasteiger partial charge in [0.25, 0.3) is 0 Å². The Labute approximate surface area is 214 Å². The molecule has 36 heavy (non-hydrogen) atoms. The molecule has 4 aliphatic carbocycles. The molecule has 1 aromatic heterocycles. The lowest BCUT2D eigenvalue weighted by atomic mass is 9.45. The van der Waals surface area contributed by atoms with E-state index in [0.717, 1.165) is 35.6 Å². The van der Waals surface area contributed by atoms with Crippen molar-refractivity contribution in [3.63, 3.8) is 0 Å². The van der Waals surface area contributed by atoms with Gasteiger partial charge in [0, 0.05) is 22.0 Å². The fourth-order valence-electron chi connectivity index (χ4n) is 9.22. The minimum atomic E-state index is 0.116. The van der Waals surface area contributed by atoms with Crippen molar-refractivity contribution in [2.24, 2.45) is 39.7 Å². The van der Waals surface area contributed by atoms with Gasteiger partial charge in [-0.3, -0.25) is 0 Å². The largest absolute Gasteiger partial charge is 0.489 e. The molecule has 0 spiro atoms. The third kappa shape index (κ3) is 3.22. The zero-order valence-corrected chi connectivity index (χ0v) is 21.6. The predicted octanol–water partition coefficient (Wildman–Crippen LogP) is 7.53. The van der Waals surface area contributed by atoms with Crippen molar-refractivity contribution >= 4 is 16.6 Å². The highest BCUT2D eigenvalue weighted by Gasteiger charge is 2.59. The van der Waals surface area contributed by atoms with Gasteiger partial charge in [0.15, 0.2) is 0 Å². The molecule has 188 valence electrons. The Morgan fingerprint density at radius 3 is 2.72 bits per heavy atom. The number of aromatic nitrogens is 1. The zero-order chi connectivity index (χ0) is 24.5. The maximum atomic E-state index is 9.69. The number of hydrogen-bond acceptors (Lipinski definition) is 3. The van der Waals surface area contributed by atoms with Gasteiger partial charge in [-0.05, 0) is 110 Å². The molecular formula is C32H38N2O2. The second kappa shape index (κ2) is 8.13. The van der Waals surface area contributed by atoms with E-state index < -0.39 is 0 Å². The first-order chi connectivity index (χ1) is 17.5. The first kappa shape index (κ1) is 22.4. The summed E-state index contributed by atoms with van der Waals surface area (Å²) in [5.41, 5.74) is 6.97. The summed E-state index contributed by atoms with van der Waals surface area (Å²) in [7, 11) is 0. The number of rotatable bonds is 3. The number of H-pyrrole nitrogens is 1. The van der Waals surface area contributed by atoms with Gasteiger partial charge in [-0.15, -0.1) is 0 Å². The molecule has 4 aliphatic rings. The van der Waals surface area contributed by atoms with Gasteiger partial charge in [-0.2, -0.15) is 0 Å². The molecule has 0 saturated heterocycles. The van der Waals surface area contributed by atoms with Gasteiger partial charge in [-0.25, -0.2) is 0 Å². The van der Waals surface area contributed by atoms with E-state index in [4.69, 9.17) is 4.74 Å². The van der Waals surface area contributed by atoms with Crippen molar-refractivity contribution < 1.29 is 9.94 Å². The van der Waals surface area contributed by atoms with Crippen molar-refractivity contribution in [2.75, 3.05) is 0 Å². The van der Waals surface area contributed by atoms with Crippen LogP contribution in [-0.2, 0) is 19.4 Å². The van der Waals surface area contributed by atoms with Crippen LogP contribution < -0.4 is 4.74 Å². The van der Waals surface area contributed by atoms with Crippen LogP contribution in [0.4, 0.5) is 0 Å². The number of oxime groups is 1. The zero-order valence-electron chi connectivity index (χ0n) is 21.6. The Morgan fingerprint density at radius 1 is 1.03 bits per heavy atom. The molecule has 0 bridgehead atoms. The Kier molecular flexibility index (Phi) is 5.07. The van der Waals surface area contributed by atoms with Gasteiger partial charge >= 0.3 is 0 Å². The number of nitrogens with zero attached hydrogens (tertiary/aromatic N) is 1. The summed E-state index contributed by atoms with van der Waals surface area (Å²) in [5, 5.41) is 14.8. The normalized spacial score (nSPS) is 36.2. The number of nitrogens with one attached hydrogen (secondary N) is 1. The quantitative estimate of drug-likeness (QED) is 0.299. The van der Waals surface area contributed by atoms with E-state index in [2.05, 4.69) is 66.5 Å². The van der Waals surface area contributed by atoms with Crippen LogP contribution in [0.1, 0.15) is 69.2 Å². The molecule has 7 rings (SSSR count). The topological polar surface area (TPSA) is 57.6 Å². The molecule has 0 radical (unpaired) electrons. The van der Waals surface area contributed by atoms with Crippen LogP contribution >= 0.6 is 0 Å². The van der Waals surface area contributed by atoms with E-state index in [1.807, 2.05) is 6.07 Å². The van der Waals surface area contributed by atoms with Crippen LogP contribution in [0.15, 0.2) is 53.7 Å². The van der Waals surface area contributed by atoms with E-state index in [9.17, 15) is 5.21 Å². The van der Waals surface area contributed by atoms with Crippen LogP contribution in [-0.4, -0.2) is 15.9 Å². The summed E-state index contributed by atoms with van der Waals surface area (Å²) in [6.07, 6.45) is 9.66. The van der Waals surface area contributed by atoms with E-state index in [0.29, 0.717) is 17.9 Å². The summed E-state index contributed by atoms with van der Waals surface area (Å²) in [6.45, 7) is 5.60. The Hall–Kier alpha value is -2.75. The SMILES string of the molecule is CC12CCC3C(CCC4Cc5[nH]c6ccc(OCc7ccccc7)cc6c5CC43C)C1CC/C2=N/O. The Balaban J connectivity index is 1.19. The summed E-state index contributed by atoms with van der Waals surface area (Å²) >= 11 is 0. The molecule has 0 aliphatic heterocycles. The van der Waals surface area contributed by atoms with E-state index in [-0.39, 0.29) is 5.41 Å². The second-order valence-corrected chi connectivity index (χ2v) is 12.6. The Morgan fingerprint density at radius 2 is 1.89 bits per heavy atom. The summed E-state index contributed by atoms with van der Waals surface area (Å²) < 4.78 is 6.21. The summed E-state index contributed by atoms with van der Waals surface area (Å²) in [6, 6.07) is 17.0. The van der Waals surface area contributed by atoms with E-state index in [1.54, 1.807) is 0 Å². The van der Waals surface area contributed by atoms with Crippen molar-refractivity contribution in [3.05, 3.63) is 65.4 Å². The predicted molar refractivity (Wildman–Crippen MR) is 144 cm³/mol. The van der Waals surface area contributed by atoms with Crippen LogP contribution in [0, 0.1) is 34.5 Å². The molecule has 3 fully saturated rings. The van der Waals surface area contributed by atoms with Crippen molar-refractivity contribution in [2.45, 2.75) is 71.8 Å². The average Bonchev–Trinajstić information content (AvgIpc) is 3.42. The third-order valence-electron chi connectivity index (χ3n) is 11.1. The minimum absolute atomic E-state index is 0.116. The average molecular weight is 483 g/mol. The van der Waals surface area contributed by atoms with Gasteiger partial charge in [0.2, 0.25) is 0 Å². The van der Waals surface area contributed by atoms with Crippen LogP contribution in [0.3, 0.4) is 0 Å². The lowest BCUT2D eigenvalue weighted by Crippen LogP contribution is -2.54.